The standard InChI is InChI=1S/C22H31NO2P2/c1-3-5-18-23(26-19-12-17-22(26)4-2)27(24-20-13-8-6-9-14-20)25-21-15-10-7-11-16-21/h6-11,13-16,22H,3-5,12,17-19H2,1-2H3/t22-,26?/m1/s1. The average molecular weight is 403 g/mol. The number of unbranched alkanes of at least 4 members (excludes halogenated alkanes) is 1. The summed E-state index contributed by atoms with van der Waals surface area (Å²) in [7, 11) is -1.37. The van der Waals surface area contributed by atoms with E-state index >= 15 is 0 Å². The van der Waals surface area contributed by atoms with Gasteiger partial charge in [-0.05, 0) is 69.8 Å². The van der Waals surface area contributed by atoms with Gasteiger partial charge in [0.15, 0.2) is 0 Å². The van der Waals surface area contributed by atoms with Gasteiger partial charge in [0.05, 0.1) is 0 Å². The highest BCUT2D eigenvalue weighted by Crippen LogP contribution is 2.64. The molecule has 3 nitrogen and oxygen atoms in total. The van der Waals surface area contributed by atoms with Crippen LogP contribution in [0.4, 0.5) is 0 Å². The molecule has 2 aromatic carbocycles. The van der Waals surface area contributed by atoms with Crippen LogP contribution in [0.15, 0.2) is 60.7 Å². The minimum Gasteiger partial charge on any atom is -0.427 e. The third kappa shape index (κ3) is 5.92. The Morgan fingerprint density at radius 3 is 2.07 bits per heavy atom. The van der Waals surface area contributed by atoms with Gasteiger partial charge >= 0.3 is 8.53 Å². The molecular formula is C22H31NO2P2. The Morgan fingerprint density at radius 1 is 0.963 bits per heavy atom. The lowest BCUT2D eigenvalue weighted by atomic mass is 10.2. The van der Waals surface area contributed by atoms with Gasteiger partial charge < -0.3 is 9.05 Å². The van der Waals surface area contributed by atoms with Gasteiger partial charge in [0.2, 0.25) is 0 Å². The Hall–Kier alpha value is -1.14. The van der Waals surface area contributed by atoms with Gasteiger partial charge in [0, 0.05) is 6.54 Å². The first-order valence-electron chi connectivity index (χ1n) is 10.1. The quantitative estimate of drug-likeness (QED) is 0.385. The van der Waals surface area contributed by atoms with Crippen LogP contribution in [-0.4, -0.2) is 22.8 Å². The molecule has 0 N–H and O–H groups in total. The molecule has 1 heterocycles. The van der Waals surface area contributed by atoms with E-state index in [-0.39, 0.29) is 8.07 Å². The van der Waals surface area contributed by atoms with Crippen molar-refractivity contribution < 1.29 is 9.05 Å². The van der Waals surface area contributed by atoms with E-state index in [1.54, 1.807) is 0 Å². The molecule has 0 spiro atoms. The second-order valence-corrected chi connectivity index (χ2v) is 11.0. The van der Waals surface area contributed by atoms with E-state index in [0.717, 1.165) is 23.7 Å². The topological polar surface area (TPSA) is 21.7 Å². The highest BCUT2D eigenvalue weighted by atomic mass is 31.2. The molecule has 0 bridgehead atoms. The van der Waals surface area contributed by atoms with Gasteiger partial charge in [-0.15, -0.1) is 0 Å². The highest BCUT2D eigenvalue weighted by molar-refractivity contribution is 7.67. The van der Waals surface area contributed by atoms with Crippen molar-refractivity contribution in [2.75, 3.05) is 12.7 Å². The molecule has 27 heavy (non-hydrogen) atoms. The summed E-state index contributed by atoms with van der Waals surface area (Å²) < 4.78 is 15.5. The third-order valence-corrected chi connectivity index (χ3v) is 10.3. The second-order valence-electron chi connectivity index (χ2n) is 6.86. The van der Waals surface area contributed by atoms with E-state index in [1.807, 2.05) is 60.7 Å². The lowest BCUT2D eigenvalue weighted by Crippen LogP contribution is -2.22. The van der Waals surface area contributed by atoms with Gasteiger partial charge in [-0.1, -0.05) is 56.7 Å². The molecule has 2 aromatic rings. The van der Waals surface area contributed by atoms with Crippen LogP contribution >= 0.6 is 16.6 Å². The Morgan fingerprint density at radius 2 is 1.56 bits per heavy atom. The fraction of sp³-hybridized carbons (Fsp3) is 0.455. The fourth-order valence-corrected chi connectivity index (χ4v) is 8.99. The summed E-state index contributed by atoms with van der Waals surface area (Å²) in [6, 6.07) is 20.3. The molecule has 2 atom stereocenters. The van der Waals surface area contributed by atoms with Crippen LogP contribution in [0.25, 0.3) is 0 Å². The van der Waals surface area contributed by atoms with Crippen LogP contribution < -0.4 is 9.05 Å². The maximum atomic E-state index is 6.47. The molecule has 0 amide bonds. The molecule has 0 saturated carbocycles. The Bertz CT molecular complexity index is 614. The van der Waals surface area contributed by atoms with Gasteiger partial charge in [0.1, 0.15) is 11.5 Å². The Balaban J connectivity index is 1.85. The van der Waals surface area contributed by atoms with Crippen molar-refractivity contribution in [3.63, 3.8) is 0 Å². The molecule has 5 heteroatoms. The zero-order valence-electron chi connectivity index (χ0n) is 16.5. The van der Waals surface area contributed by atoms with Crippen molar-refractivity contribution in [3.05, 3.63) is 60.7 Å². The van der Waals surface area contributed by atoms with Crippen molar-refractivity contribution in [2.45, 2.75) is 51.6 Å². The molecule has 1 aliphatic rings. The molecule has 0 radical (unpaired) electrons. The van der Waals surface area contributed by atoms with Crippen LogP contribution in [0, 0.1) is 0 Å². The minimum atomic E-state index is -1.17. The summed E-state index contributed by atoms with van der Waals surface area (Å²) in [4.78, 5) is 0. The number of hydrogen-bond acceptors (Lipinski definition) is 3. The highest BCUT2D eigenvalue weighted by Gasteiger charge is 2.38. The first-order valence-corrected chi connectivity index (χ1v) is 12.8. The summed E-state index contributed by atoms with van der Waals surface area (Å²) in [5, 5.41) is 0. The summed E-state index contributed by atoms with van der Waals surface area (Å²) in [6.07, 6.45) is 7.64. The van der Waals surface area contributed by atoms with E-state index in [1.165, 1.54) is 38.3 Å². The molecular weight excluding hydrogens is 372 g/mol. The SMILES string of the molecule is CCCCN(P(Oc1ccccc1)Oc1ccccc1)P1CCC[C@H]1CC. The first-order chi connectivity index (χ1) is 13.3. The van der Waals surface area contributed by atoms with E-state index in [0.29, 0.717) is 0 Å². The van der Waals surface area contributed by atoms with E-state index in [9.17, 15) is 0 Å². The second kappa shape index (κ2) is 11.0. The molecule has 1 aliphatic heterocycles. The number of benzene rings is 2. The largest absolute Gasteiger partial charge is 0.427 e. The summed E-state index contributed by atoms with van der Waals surface area (Å²) in [5.41, 5.74) is 0.806. The Labute approximate surface area is 166 Å². The van der Waals surface area contributed by atoms with Crippen molar-refractivity contribution in [1.82, 2.24) is 4.44 Å². The number of nitrogens with zero attached hydrogens (tertiary/aromatic N) is 1. The molecule has 3 rings (SSSR count). The molecule has 146 valence electrons. The zero-order chi connectivity index (χ0) is 18.9. The van der Waals surface area contributed by atoms with Crippen molar-refractivity contribution >= 4 is 16.6 Å². The van der Waals surface area contributed by atoms with Gasteiger partial charge in [0.25, 0.3) is 0 Å². The van der Waals surface area contributed by atoms with Crippen molar-refractivity contribution in [2.24, 2.45) is 0 Å². The van der Waals surface area contributed by atoms with Gasteiger partial charge in [-0.2, -0.15) is 4.44 Å². The fourth-order valence-electron chi connectivity index (χ4n) is 3.40. The number of para-hydroxylation sites is 2. The average Bonchev–Trinajstić information content (AvgIpc) is 3.18. The predicted octanol–water partition coefficient (Wildman–Crippen LogP) is 7.44. The van der Waals surface area contributed by atoms with Crippen LogP contribution in [0.5, 0.6) is 11.5 Å². The van der Waals surface area contributed by atoms with Crippen molar-refractivity contribution in [1.29, 1.82) is 0 Å². The maximum absolute atomic E-state index is 6.47. The van der Waals surface area contributed by atoms with Crippen LogP contribution in [0.1, 0.15) is 46.0 Å². The maximum Gasteiger partial charge on any atom is 0.388 e. The predicted molar refractivity (Wildman–Crippen MR) is 118 cm³/mol. The normalized spacial score (nSPS) is 19.6. The molecule has 1 saturated heterocycles. The van der Waals surface area contributed by atoms with Gasteiger partial charge in [-0.25, -0.2) is 0 Å². The summed E-state index contributed by atoms with van der Waals surface area (Å²) in [5.74, 6) is 1.78. The van der Waals surface area contributed by atoms with E-state index in [4.69, 9.17) is 9.05 Å². The molecule has 1 fully saturated rings. The van der Waals surface area contributed by atoms with Crippen LogP contribution in [0.2, 0.25) is 0 Å². The minimum absolute atomic E-state index is 0.203. The third-order valence-electron chi connectivity index (χ3n) is 4.87. The first kappa shape index (κ1) is 20.6. The number of hydrogen-bond donors (Lipinski definition) is 0. The number of rotatable bonds is 10. The monoisotopic (exact) mass is 403 g/mol. The molecule has 0 aliphatic carbocycles. The molecule has 0 aromatic heterocycles. The van der Waals surface area contributed by atoms with Gasteiger partial charge in [-0.3, -0.25) is 0 Å². The smallest absolute Gasteiger partial charge is 0.388 e. The summed E-state index contributed by atoms with van der Waals surface area (Å²) >= 11 is 0. The zero-order valence-corrected chi connectivity index (χ0v) is 18.2. The van der Waals surface area contributed by atoms with Crippen molar-refractivity contribution in [3.8, 4) is 11.5 Å². The van der Waals surface area contributed by atoms with E-state index in [2.05, 4.69) is 18.3 Å². The molecule has 1 unspecified atom stereocenters. The lowest BCUT2D eigenvalue weighted by molar-refractivity contribution is 0.429. The van der Waals surface area contributed by atoms with Crippen LogP contribution in [-0.2, 0) is 0 Å². The van der Waals surface area contributed by atoms with Crippen LogP contribution in [0.3, 0.4) is 0 Å². The Kier molecular flexibility index (Phi) is 8.39. The summed E-state index contributed by atoms with van der Waals surface area (Å²) in [6.45, 7) is 5.65. The van der Waals surface area contributed by atoms with E-state index < -0.39 is 8.53 Å². The lowest BCUT2D eigenvalue weighted by Gasteiger charge is -2.36.